The number of rotatable bonds is 5. The lowest BCUT2D eigenvalue weighted by molar-refractivity contribution is -0.135. The van der Waals surface area contributed by atoms with E-state index in [1.807, 2.05) is 0 Å². The van der Waals surface area contributed by atoms with Gasteiger partial charge in [0.2, 0.25) is 10.0 Å². The number of benzene rings is 1. The molecule has 19 heavy (non-hydrogen) atoms. The highest BCUT2D eigenvalue weighted by Crippen LogP contribution is 2.23. The second-order valence-electron chi connectivity index (χ2n) is 3.72. The van der Waals surface area contributed by atoms with Crippen LogP contribution in [0, 0.1) is 0 Å². The van der Waals surface area contributed by atoms with E-state index in [9.17, 15) is 21.6 Å². The molecule has 0 aliphatic heterocycles. The van der Waals surface area contributed by atoms with Crippen LogP contribution in [0.25, 0.3) is 0 Å². The van der Waals surface area contributed by atoms with E-state index in [1.54, 1.807) is 0 Å². The van der Waals surface area contributed by atoms with Crippen LogP contribution < -0.4 is 11.3 Å². The number of halogens is 3. The molecule has 0 atom stereocenters. The Balaban J connectivity index is 3.06. The zero-order valence-electron chi connectivity index (χ0n) is 10.1. The van der Waals surface area contributed by atoms with Crippen LogP contribution in [-0.4, -0.2) is 32.0 Å². The van der Waals surface area contributed by atoms with Gasteiger partial charge in [-0.25, -0.2) is 8.42 Å². The smallest absolute Gasteiger partial charge is 0.324 e. The van der Waals surface area contributed by atoms with Gasteiger partial charge in [-0.1, -0.05) is 6.92 Å². The minimum atomic E-state index is -4.58. The second-order valence-corrected chi connectivity index (χ2v) is 5.65. The van der Waals surface area contributed by atoms with Gasteiger partial charge in [0.15, 0.2) is 0 Å². The fourth-order valence-corrected chi connectivity index (χ4v) is 2.87. The summed E-state index contributed by atoms with van der Waals surface area (Å²) in [7, 11) is -4.16. The van der Waals surface area contributed by atoms with Gasteiger partial charge >= 0.3 is 6.18 Å². The van der Waals surface area contributed by atoms with Crippen molar-refractivity contribution in [3.63, 3.8) is 0 Å². The Morgan fingerprint density at radius 3 is 2.16 bits per heavy atom. The lowest BCUT2D eigenvalue weighted by atomic mass is 10.3. The molecule has 0 fully saturated rings. The minimum Gasteiger partial charge on any atom is -0.324 e. The highest BCUT2D eigenvalue weighted by Gasteiger charge is 2.36. The van der Waals surface area contributed by atoms with Gasteiger partial charge in [-0.2, -0.15) is 17.5 Å². The Bertz CT molecular complexity index is 514. The molecule has 1 aromatic rings. The summed E-state index contributed by atoms with van der Waals surface area (Å²) in [5, 5.41) is 0. The molecule has 5 nitrogen and oxygen atoms in total. The number of alkyl halides is 3. The first kappa shape index (κ1) is 15.7. The lowest BCUT2D eigenvalue weighted by Crippen LogP contribution is -2.38. The molecular formula is C10H14F3N3O2S. The molecule has 1 aromatic carbocycles. The van der Waals surface area contributed by atoms with E-state index in [0.29, 0.717) is 9.99 Å². The van der Waals surface area contributed by atoms with E-state index in [1.165, 1.54) is 31.2 Å². The van der Waals surface area contributed by atoms with Gasteiger partial charge < -0.3 is 5.43 Å². The van der Waals surface area contributed by atoms with Crippen LogP contribution >= 0.6 is 0 Å². The zero-order valence-corrected chi connectivity index (χ0v) is 10.9. The van der Waals surface area contributed by atoms with E-state index in [2.05, 4.69) is 5.43 Å². The summed E-state index contributed by atoms with van der Waals surface area (Å²) in [6, 6.07) is 5.13. The first-order chi connectivity index (χ1) is 8.70. The van der Waals surface area contributed by atoms with Crippen LogP contribution in [0.3, 0.4) is 0 Å². The number of nitrogens with two attached hydrogens (primary N) is 1. The van der Waals surface area contributed by atoms with Gasteiger partial charge in [-0.15, -0.1) is 0 Å². The van der Waals surface area contributed by atoms with Crippen molar-refractivity contribution in [2.24, 2.45) is 5.84 Å². The maximum Gasteiger partial charge on any atom is 0.402 e. The number of nitrogen functional groups attached to an aromatic ring is 1. The second kappa shape index (κ2) is 5.76. The van der Waals surface area contributed by atoms with Crippen LogP contribution in [0.2, 0.25) is 0 Å². The fraction of sp³-hybridized carbons (Fsp3) is 0.400. The summed E-state index contributed by atoms with van der Waals surface area (Å²) in [4.78, 5) is -0.211. The van der Waals surface area contributed by atoms with Crippen LogP contribution in [0.5, 0.6) is 0 Å². The van der Waals surface area contributed by atoms with Crippen LogP contribution in [0.4, 0.5) is 18.9 Å². The maximum atomic E-state index is 12.3. The molecule has 1 rings (SSSR count). The molecule has 0 amide bonds. The third-order valence-electron chi connectivity index (χ3n) is 2.37. The Labute approximate surface area is 109 Å². The van der Waals surface area contributed by atoms with Crippen molar-refractivity contribution in [2.45, 2.75) is 18.0 Å². The van der Waals surface area contributed by atoms with Crippen molar-refractivity contribution in [1.82, 2.24) is 4.31 Å². The molecule has 0 spiro atoms. The Morgan fingerprint density at radius 1 is 1.26 bits per heavy atom. The first-order valence-corrected chi connectivity index (χ1v) is 6.78. The van der Waals surface area contributed by atoms with Gasteiger partial charge in [0.05, 0.1) is 4.90 Å². The molecule has 0 aliphatic carbocycles. The predicted octanol–water partition coefficient (Wildman–Crippen LogP) is 1.55. The summed E-state index contributed by atoms with van der Waals surface area (Å²) >= 11 is 0. The van der Waals surface area contributed by atoms with Crippen molar-refractivity contribution in [3.8, 4) is 0 Å². The molecule has 0 radical (unpaired) electrons. The zero-order chi connectivity index (χ0) is 14.7. The topological polar surface area (TPSA) is 75.4 Å². The third-order valence-corrected chi connectivity index (χ3v) is 4.30. The van der Waals surface area contributed by atoms with E-state index in [4.69, 9.17) is 5.84 Å². The molecule has 108 valence electrons. The highest BCUT2D eigenvalue weighted by atomic mass is 32.2. The average molecular weight is 297 g/mol. The number of nitrogens with one attached hydrogen (secondary N) is 1. The number of hydrazine groups is 1. The Hall–Kier alpha value is -1.32. The molecular weight excluding hydrogens is 283 g/mol. The Kier molecular flexibility index (Phi) is 4.77. The fourth-order valence-electron chi connectivity index (χ4n) is 1.44. The van der Waals surface area contributed by atoms with Crippen LogP contribution in [0.1, 0.15) is 6.92 Å². The van der Waals surface area contributed by atoms with Crippen molar-refractivity contribution >= 4 is 15.7 Å². The Morgan fingerprint density at radius 2 is 1.79 bits per heavy atom. The standard InChI is InChI=1S/C10H14F3N3O2S/c1-2-16(7-10(11,12)13)19(17,18)9-5-3-8(15-14)4-6-9/h3-6,15H,2,7,14H2,1H3. The van der Waals surface area contributed by atoms with E-state index in [-0.39, 0.29) is 11.4 Å². The van der Waals surface area contributed by atoms with Gasteiger partial charge in [0.25, 0.3) is 0 Å². The van der Waals surface area contributed by atoms with Crippen molar-refractivity contribution in [2.75, 3.05) is 18.5 Å². The number of nitrogens with zero attached hydrogens (tertiary/aromatic N) is 1. The molecule has 0 bridgehead atoms. The summed E-state index contributed by atoms with van der Waals surface area (Å²) in [5.41, 5.74) is 2.75. The monoisotopic (exact) mass is 297 g/mol. The molecule has 0 aliphatic rings. The summed E-state index contributed by atoms with van der Waals surface area (Å²) < 4.78 is 61.4. The number of anilines is 1. The number of sulfonamides is 1. The first-order valence-electron chi connectivity index (χ1n) is 5.34. The SMILES string of the molecule is CCN(CC(F)(F)F)S(=O)(=O)c1ccc(NN)cc1. The molecule has 0 heterocycles. The van der Waals surface area contributed by atoms with Gasteiger partial charge in [0, 0.05) is 12.2 Å². The van der Waals surface area contributed by atoms with E-state index in [0.717, 1.165) is 0 Å². The molecule has 0 aromatic heterocycles. The maximum absolute atomic E-state index is 12.3. The molecule has 0 saturated carbocycles. The normalized spacial score (nSPS) is 12.7. The lowest BCUT2D eigenvalue weighted by Gasteiger charge is -2.21. The molecule has 0 unspecified atom stereocenters. The summed E-state index contributed by atoms with van der Waals surface area (Å²) in [6.45, 7) is -0.430. The van der Waals surface area contributed by atoms with Crippen molar-refractivity contribution in [1.29, 1.82) is 0 Å². The van der Waals surface area contributed by atoms with Gasteiger partial charge in [0.1, 0.15) is 6.54 Å². The molecule has 9 heteroatoms. The highest BCUT2D eigenvalue weighted by molar-refractivity contribution is 7.89. The van der Waals surface area contributed by atoms with Crippen LogP contribution in [0.15, 0.2) is 29.2 Å². The average Bonchev–Trinajstić information content (AvgIpc) is 2.34. The third kappa shape index (κ3) is 4.08. The number of hydrogen-bond donors (Lipinski definition) is 2. The minimum absolute atomic E-state index is 0.211. The largest absolute Gasteiger partial charge is 0.402 e. The van der Waals surface area contributed by atoms with E-state index < -0.39 is 22.7 Å². The number of hydrogen-bond acceptors (Lipinski definition) is 4. The summed E-state index contributed by atoms with van der Waals surface area (Å²) in [6.07, 6.45) is -4.58. The van der Waals surface area contributed by atoms with Gasteiger partial charge in [-0.05, 0) is 24.3 Å². The van der Waals surface area contributed by atoms with Crippen molar-refractivity contribution in [3.05, 3.63) is 24.3 Å². The molecule has 3 N–H and O–H groups in total. The van der Waals surface area contributed by atoms with Crippen molar-refractivity contribution < 1.29 is 21.6 Å². The van der Waals surface area contributed by atoms with E-state index >= 15 is 0 Å². The van der Waals surface area contributed by atoms with Crippen LogP contribution in [-0.2, 0) is 10.0 Å². The summed E-state index contributed by atoms with van der Waals surface area (Å²) in [5.74, 6) is 5.12. The predicted molar refractivity (Wildman–Crippen MR) is 64.7 cm³/mol. The quantitative estimate of drug-likeness (QED) is 0.638. The molecule has 0 saturated heterocycles. The van der Waals surface area contributed by atoms with Gasteiger partial charge in [-0.3, -0.25) is 5.84 Å².